The topological polar surface area (TPSA) is 89.0 Å². The molecule has 7 heteroatoms. The lowest BCUT2D eigenvalue weighted by Gasteiger charge is -2.23. The van der Waals surface area contributed by atoms with Gasteiger partial charge in [0, 0.05) is 23.5 Å². The van der Waals surface area contributed by atoms with Gasteiger partial charge in [-0.25, -0.2) is 0 Å². The van der Waals surface area contributed by atoms with Crippen LogP contribution < -0.4 is 10.9 Å². The standard InChI is InChI=1S/C19H24N4O2S/c1-12-14(13(2)22-19(25)15(12)10-20)7-8-18(24)21-11-16(23(3)4)17-6-5-9-26-17/h5-6,9,16H,7-8,11H2,1-4H3,(H,21,24)(H,22,25). The van der Waals surface area contributed by atoms with E-state index in [1.165, 1.54) is 4.88 Å². The Morgan fingerprint density at radius 2 is 2.15 bits per heavy atom. The molecule has 0 radical (unpaired) electrons. The summed E-state index contributed by atoms with van der Waals surface area (Å²) in [4.78, 5) is 30.1. The van der Waals surface area contributed by atoms with Crippen molar-refractivity contribution in [3.63, 3.8) is 0 Å². The van der Waals surface area contributed by atoms with E-state index in [1.54, 1.807) is 25.2 Å². The van der Waals surface area contributed by atoms with Crippen molar-refractivity contribution in [1.29, 1.82) is 5.26 Å². The van der Waals surface area contributed by atoms with Crippen LogP contribution in [0.15, 0.2) is 22.3 Å². The van der Waals surface area contributed by atoms with Gasteiger partial charge < -0.3 is 15.2 Å². The van der Waals surface area contributed by atoms with Crippen LogP contribution in [0.1, 0.15) is 39.7 Å². The van der Waals surface area contributed by atoms with Crippen molar-refractivity contribution >= 4 is 17.2 Å². The third-order valence-electron chi connectivity index (χ3n) is 4.51. The van der Waals surface area contributed by atoms with Gasteiger partial charge in [0.1, 0.15) is 11.6 Å². The van der Waals surface area contributed by atoms with Gasteiger partial charge in [0.15, 0.2) is 0 Å². The van der Waals surface area contributed by atoms with Crippen molar-refractivity contribution < 1.29 is 4.79 Å². The maximum atomic E-state index is 12.3. The molecule has 0 aliphatic heterocycles. The quantitative estimate of drug-likeness (QED) is 0.780. The van der Waals surface area contributed by atoms with Crippen LogP contribution in [0.5, 0.6) is 0 Å². The Balaban J connectivity index is 1.99. The molecule has 0 bridgehead atoms. The molecule has 1 atom stereocenters. The number of thiophene rings is 1. The number of aromatic amines is 1. The van der Waals surface area contributed by atoms with Gasteiger partial charge in [-0.3, -0.25) is 9.59 Å². The number of pyridine rings is 1. The number of H-pyrrole nitrogens is 1. The molecule has 1 amide bonds. The highest BCUT2D eigenvalue weighted by Gasteiger charge is 2.17. The van der Waals surface area contributed by atoms with Crippen LogP contribution in [0, 0.1) is 25.2 Å². The number of nitrogens with zero attached hydrogens (tertiary/aromatic N) is 2. The molecule has 0 saturated carbocycles. The first kappa shape index (κ1) is 19.9. The van der Waals surface area contributed by atoms with Gasteiger partial charge in [-0.1, -0.05) is 6.07 Å². The molecule has 1 unspecified atom stereocenters. The van der Waals surface area contributed by atoms with E-state index < -0.39 is 0 Å². The minimum Gasteiger partial charge on any atom is -0.354 e. The number of nitrogens with one attached hydrogen (secondary N) is 2. The van der Waals surface area contributed by atoms with E-state index in [-0.39, 0.29) is 23.1 Å². The first-order valence-electron chi connectivity index (χ1n) is 8.44. The van der Waals surface area contributed by atoms with Crippen LogP contribution in [-0.4, -0.2) is 36.4 Å². The predicted molar refractivity (Wildman–Crippen MR) is 103 cm³/mol. The van der Waals surface area contributed by atoms with Gasteiger partial charge in [-0.05, 0) is 56.9 Å². The van der Waals surface area contributed by atoms with Crippen LogP contribution in [-0.2, 0) is 11.2 Å². The van der Waals surface area contributed by atoms with Crippen molar-refractivity contribution in [2.75, 3.05) is 20.6 Å². The Kier molecular flexibility index (Phi) is 6.72. The molecule has 2 heterocycles. The Hall–Kier alpha value is -2.43. The summed E-state index contributed by atoms with van der Waals surface area (Å²) in [7, 11) is 3.99. The summed E-state index contributed by atoms with van der Waals surface area (Å²) in [5, 5.41) is 14.1. The Morgan fingerprint density at radius 3 is 2.73 bits per heavy atom. The lowest BCUT2D eigenvalue weighted by Crippen LogP contribution is -2.34. The summed E-state index contributed by atoms with van der Waals surface area (Å²) in [5.74, 6) is -0.0445. The van der Waals surface area contributed by atoms with Gasteiger partial charge in [0.2, 0.25) is 5.91 Å². The molecule has 2 aromatic rings. The second-order valence-electron chi connectivity index (χ2n) is 6.47. The molecule has 0 spiro atoms. The maximum Gasteiger partial charge on any atom is 0.266 e. The molecule has 0 aromatic carbocycles. The fraction of sp³-hybridized carbons (Fsp3) is 0.421. The molecule has 26 heavy (non-hydrogen) atoms. The molecule has 0 aliphatic rings. The molecule has 0 fully saturated rings. The molecule has 138 valence electrons. The third kappa shape index (κ3) is 4.59. The molecular weight excluding hydrogens is 348 g/mol. The molecule has 6 nitrogen and oxygen atoms in total. The van der Waals surface area contributed by atoms with E-state index in [4.69, 9.17) is 5.26 Å². The van der Waals surface area contributed by atoms with Crippen molar-refractivity contribution in [3.8, 4) is 6.07 Å². The van der Waals surface area contributed by atoms with E-state index in [0.29, 0.717) is 30.6 Å². The Morgan fingerprint density at radius 1 is 1.42 bits per heavy atom. The highest BCUT2D eigenvalue weighted by molar-refractivity contribution is 7.10. The average molecular weight is 372 g/mol. The number of nitriles is 1. The highest BCUT2D eigenvalue weighted by Crippen LogP contribution is 2.22. The maximum absolute atomic E-state index is 12.3. The molecule has 2 aromatic heterocycles. The number of hydrogen-bond donors (Lipinski definition) is 2. The van der Waals surface area contributed by atoms with Gasteiger partial charge in [0.25, 0.3) is 5.56 Å². The number of likely N-dealkylation sites (N-methyl/N-ethyl adjacent to an activating group) is 1. The average Bonchev–Trinajstić information content (AvgIpc) is 3.08. The highest BCUT2D eigenvalue weighted by atomic mass is 32.1. The summed E-state index contributed by atoms with van der Waals surface area (Å²) in [6.07, 6.45) is 0.795. The number of hydrogen-bond acceptors (Lipinski definition) is 5. The predicted octanol–water partition coefficient (Wildman–Crippen LogP) is 2.28. The van der Waals surface area contributed by atoms with E-state index >= 15 is 0 Å². The lowest BCUT2D eigenvalue weighted by molar-refractivity contribution is -0.121. The second kappa shape index (κ2) is 8.79. The summed E-state index contributed by atoms with van der Waals surface area (Å²) in [6.45, 7) is 4.09. The lowest BCUT2D eigenvalue weighted by atomic mass is 9.99. The smallest absolute Gasteiger partial charge is 0.266 e. The summed E-state index contributed by atoms with van der Waals surface area (Å²) < 4.78 is 0. The summed E-state index contributed by atoms with van der Waals surface area (Å²) >= 11 is 1.67. The number of rotatable bonds is 7. The van der Waals surface area contributed by atoms with Crippen molar-refractivity contribution in [3.05, 3.63) is 55.1 Å². The van der Waals surface area contributed by atoms with Gasteiger partial charge in [-0.2, -0.15) is 5.26 Å². The van der Waals surface area contributed by atoms with E-state index in [2.05, 4.69) is 21.3 Å². The number of amides is 1. The molecule has 2 rings (SSSR count). The Bertz CT molecular complexity index is 863. The zero-order valence-electron chi connectivity index (χ0n) is 15.5. The zero-order valence-corrected chi connectivity index (χ0v) is 16.4. The van der Waals surface area contributed by atoms with Gasteiger partial charge in [0.05, 0.1) is 6.04 Å². The largest absolute Gasteiger partial charge is 0.354 e. The molecule has 0 aliphatic carbocycles. The second-order valence-corrected chi connectivity index (χ2v) is 7.45. The third-order valence-corrected chi connectivity index (χ3v) is 5.48. The van der Waals surface area contributed by atoms with Crippen LogP contribution >= 0.6 is 11.3 Å². The SMILES string of the molecule is Cc1[nH]c(=O)c(C#N)c(C)c1CCC(=O)NCC(c1cccs1)N(C)C. The number of aryl methyl sites for hydroxylation is 1. The van der Waals surface area contributed by atoms with E-state index in [9.17, 15) is 9.59 Å². The van der Waals surface area contributed by atoms with Crippen molar-refractivity contribution in [2.24, 2.45) is 0 Å². The van der Waals surface area contributed by atoms with Crippen LogP contribution in [0.25, 0.3) is 0 Å². The summed E-state index contributed by atoms with van der Waals surface area (Å²) in [6, 6.07) is 6.15. The Labute approximate surface area is 157 Å². The first-order valence-corrected chi connectivity index (χ1v) is 9.32. The first-order chi connectivity index (χ1) is 12.3. The minimum atomic E-state index is -0.375. The van der Waals surface area contributed by atoms with E-state index in [0.717, 1.165) is 5.56 Å². The normalized spacial score (nSPS) is 12.0. The van der Waals surface area contributed by atoms with E-state index in [1.807, 2.05) is 31.6 Å². The number of aromatic nitrogens is 1. The van der Waals surface area contributed by atoms with Crippen molar-refractivity contribution in [2.45, 2.75) is 32.7 Å². The monoisotopic (exact) mass is 372 g/mol. The van der Waals surface area contributed by atoms with Crippen molar-refractivity contribution in [1.82, 2.24) is 15.2 Å². The van der Waals surface area contributed by atoms with Gasteiger partial charge in [-0.15, -0.1) is 11.3 Å². The van der Waals surface area contributed by atoms with Crippen LogP contribution in [0.4, 0.5) is 0 Å². The number of carbonyl (C=O) groups excluding carboxylic acids is 1. The summed E-state index contributed by atoms with van der Waals surface area (Å²) in [5.41, 5.74) is 1.98. The van der Waals surface area contributed by atoms with Crippen LogP contribution in [0.2, 0.25) is 0 Å². The molecule has 0 saturated heterocycles. The fourth-order valence-electron chi connectivity index (χ4n) is 2.98. The molecule has 2 N–H and O–H groups in total. The zero-order chi connectivity index (χ0) is 19.3. The minimum absolute atomic E-state index is 0.0445. The number of carbonyl (C=O) groups is 1. The fourth-order valence-corrected chi connectivity index (χ4v) is 3.90. The molecular formula is C19H24N4O2S. The van der Waals surface area contributed by atoms with Gasteiger partial charge >= 0.3 is 0 Å². The van der Waals surface area contributed by atoms with Crippen LogP contribution in [0.3, 0.4) is 0 Å².